The van der Waals surface area contributed by atoms with E-state index in [0.29, 0.717) is 56.7 Å². The number of piperidine rings is 1. The Bertz CT molecular complexity index is 1720. The summed E-state index contributed by atoms with van der Waals surface area (Å²) in [5.41, 5.74) is 3.38. The fourth-order valence-corrected chi connectivity index (χ4v) is 6.33. The first-order chi connectivity index (χ1) is 19.8. The van der Waals surface area contributed by atoms with Gasteiger partial charge in [0.25, 0.3) is 5.91 Å². The lowest BCUT2D eigenvalue weighted by molar-refractivity contribution is -0.127. The first kappa shape index (κ1) is 26.5. The molecule has 0 radical (unpaired) electrons. The van der Waals surface area contributed by atoms with Crippen LogP contribution < -0.4 is 20.3 Å². The molecule has 11 heteroatoms. The molecule has 5 heterocycles. The third-order valence-electron chi connectivity index (χ3n) is 7.29. The number of urea groups is 1. The number of pyridine rings is 2. The highest BCUT2D eigenvalue weighted by molar-refractivity contribution is 7.21. The summed E-state index contributed by atoms with van der Waals surface area (Å²) in [7, 11) is 0. The molecule has 1 aromatic carbocycles. The van der Waals surface area contributed by atoms with Gasteiger partial charge in [-0.1, -0.05) is 6.58 Å². The molecule has 41 heavy (non-hydrogen) atoms. The zero-order valence-corrected chi connectivity index (χ0v) is 23.5. The second kappa shape index (κ2) is 10.7. The molecule has 0 aliphatic carbocycles. The molecule has 4 aromatic rings. The third-order valence-corrected chi connectivity index (χ3v) is 8.39. The van der Waals surface area contributed by atoms with E-state index < -0.39 is 0 Å². The molecular formula is C30H28N6O4S. The van der Waals surface area contributed by atoms with Gasteiger partial charge in [-0.15, -0.1) is 11.3 Å². The summed E-state index contributed by atoms with van der Waals surface area (Å²) < 4.78 is 6.03. The number of carbonyl (C=O) groups is 3. The zero-order chi connectivity index (χ0) is 28.7. The number of ether oxygens (including phenoxy) is 1. The van der Waals surface area contributed by atoms with Crippen molar-refractivity contribution in [1.82, 2.24) is 20.2 Å². The fourth-order valence-electron chi connectivity index (χ4n) is 5.31. The summed E-state index contributed by atoms with van der Waals surface area (Å²) in [6.45, 7) is 8.41. The summed E-state index contributed by atoms with van der Waals surface area (Å²) >= 11 is 1.23. The van der Waals surface area contributed by atoms with Gasteiger partial charge in [0.15, 0.2) is 0 Å². The first-order valence-corrected chi connectivity index (χ1v) is 14.1. The van der Waals surface area contributed by atoms with E-state index >= 15 is 0 Å². The van der Waals surface area contributed by atoms with Crippen LogP contribution in [0.15, 0.2) is 61.4 Å². The monoisotopic (exact) mass is 568 g/mol. The maximum atomic E-state index is 13.6. The molecule has 6 rings (SSSR count). The number of aromatic nitrogens is 2. The molecule has 1 fully saturated rings. The number of nitrogens with zero attached hydrogens (tertiary/aromatic N) is 4. The lowest BCUT2D eigenvalue weighted by Crippen LogP contribution is -2.49. The van der Waals surface area contributed by atoms with Crippen LogP contribution in [0.1, 0.15) is 33.8 Å². The van der Waals surface area contributed by atoms with E-state index in [1.54, 1.807) is 28.3 Å². The molecule has 1 saturated heterocycles. The number of amides is 4. The van der Waals surface area contributed by atoms with Crippen molar-refractivity contribution in [3.8, 4) is 11.5 Å². The Morgan fingerprint density at radius 1 is 1.17 bits per heavy atom. The van der Waals surface area contributed by atoms with Crippen LogP contribution >= 0.6 is 11.3 Å². The van der Waals surface area contributed by atoms with Gasteiger partial charge in [-0.25, -0.2) is 9.78 Å². The molecule has 3 aromatic heterocycles. The summed E-state index contributed by atoms with van der Waals surface area (Å²) in [6.07, 6.45) is 6.19. The number of rotatable bonds is 6. The number of anilines is 3. The Kier molecular flexibility index (Phi) is 6.88. The molecule has 0 saturated carbocycles. The number of aryl methyl sites for hydroxylation is 2. The van der Waals surface area contributed by atoms with Crippen molar-refractivity contribution in [2.75, 3.05) is 23.3 Å². The second-order valence-electron chi connectivity index (χ2n) is 10.0. The van der Waals surface area contributed by atoms with Crippen LogP contribution in [-0.2, 0) is 4.79 Å². The summed E-state index contributed by atoms with van der Waals surface area (Å²) in [5, 5.41) is 6.70. The summed E-state index contributed by atoms with van der Waals surface area (Å²) in [5.74, 6) is 0.840. The summed E-state index contributed by atoms with van der Waals surface area (Å²) in [6, 6.07) is 10.4. The quantitative estimate of drug-likeness (QED) is 0.289. The van der Waals surface area contributed by atoms with Gasteiger partial charge in [-0.05, 0) is 74.7 Å². The fraction of sp³-hybridized carbons (Fsp3) is 0.233. The number of benzene rings is 1. The van der Waals surface area contributed by atoms with Crippen LogP contribution in [-0.4, -0.2) is 51.8 Å². The van der Waals surface area contributed by atoms with Crippen molar-refractivity contribution in [2.24, 2.45) is 0 Å². The number of thiophene rings is 1. The molecule has 4 amide bonds. The van der Waals surface area contributed by atoms with Crippen molar-refractivity contribution in [1.29, 1.82) is 0 Å². The standard InChI is InChI=1S/C30H28N6O4S/c1-4-24(37)35-14-6-7-19(16-35)33-28(38)27-26-25-22(11-13-32-29(25)41-27)36(30(39)34-26)21-10-9-20(15-17(21)2)40-23-8-5-12-31-18(23)3/h4-5,8-13,15,19H,1,6-7,14,16H2,2-3H3,(H,33,38)(H,34,39). The molecule has 10 nitrogen and oxygen atoms in total. The van der Waals surface area contributed by atoms with Crippen molar-refractivity contribution in [3.05, 3.63) is 77.6 Å². The third kappa shape index (κ3) is 4.89. The minimum absolute atomic E-state index is 0.149. The lowest BCUT2D eigenvalue weighted by Gasteiger charge is -2.32. The van der Waals surface area contributed by atoms with Crippen LogP contribution in [0.25, 0.3) is 10.2 Å². The van der Waals surface area contributed by atoms with Gasteiger partial charge in [-0.2, -0.15) is 0 Å². The largest absolute Gasteiger partial charge is 0.455 e. The predicted molar refractivity (Wildman–Crippen MR) is 158 cm³/mol. The van der Waals surface area contributed by atoms with Gasteiger partial charge in [-0.3, -0.25) is 19.5 Å². The van der Waals surface area contributed by atoms with Crippen molar-refractivity contribution in [3.63, 3.8) is 0 Å². The van der Waals surface area contributed by atoms with Crippen LogP contribution in [0.2, 0.25) is 0 Å². The van der Waals surface area contributed by atoms with E-state index in [1.165, 1.54) is 17.4 Å². The van der Waals surface area contributed by atoms with E-state index in [-0.39, 0.29) is 23.9 Å². The van der Waals surface area contributed by atoms with Crippen LogP contribution in [0.3, 0.4) is 0 Å². The number of hydrogen-bond donors (Lipinski definition) is 2. The maximum absolute atomic E-state index is 13.6. The van der Waals surface area contributed by atoms with Crippen LogP contribution in [0, 0.1) is 13.8 Å². The lowest BCUT2D eigenvalue weighted by atomic mass is 10.1. The Morgan fingerprint density at radius 3 is 2.80 bits per heavy atom. The molecule has 1 unspecified atom stereocenters. The normalized spacial score (nSPS) is 16.3. The molecule has 1 atom stereocenters. The first-order valence-electron chi connectivity index (χ1n) is 13.3. The summed E-state index contributed by atoms with van der Waals surface area (Å²) in [4.78, 5) is 52.1. The average Bonchev–Trinajstić information content (AvgIpc) is 3.34. The van der Waals surface area contributed by atoms with E-state index in [1.807, 2.05) is 44.2 Å². The Morgan fingerprint density at radius 2 is 2.02 bits per heavy atom. The highest BCUT2D eigenvalue weighted by atomic mass is 32.1. The van der Waals surface area contributed by atoms with Gasteiger partial charge < -0.3 is 20.3 Å². The number of carbonyl (C=O) groups excluding carboxylic acids is 3. The maximum Gasteiger partial charge on any atom is 0.331 e. The highest BCUT2D eigenvalue weighted by Gasteiger charge is 2.34. The van der Waals surface area contributed by atoms with Crippen molar-refractivity contribution < 1.29 is 19.1 Å². The van der Waals surface area contributed by atoms with Gasteiger partial charge in [0, 0.05) is 31.5 Å². The minimum atomic E-state index is -0.377. The predicted octanol–water partition coefficient (Wildman–Crippen LogP) is 5.69. The van der Waals surface area contributed by atoms with Crippen LogP contribution in [0.4, 0.5) is 21.9 Å². The van der Waals surface area contributed by atoms with Gasteiger partial charge in [0.05, 0.1) is 28.1 Å². The van der Waals surface area contributed by atoms with Crippen molar-refractivity contribution in [2.45, 2.75) is 32.7 Å². The van der Waals surface area contributed by atoms with E-state index in [2.05, 4.69) is 27.2 Å². The van der Waals surface area contributed by atoms with E-state index in [4.69, 9.17) is 4.74 Å². The number of hydrogen-bond acceptors (Lipinski definition) is 7. The molecule has 0 bridgehead atoms. The molecular weight excluding hydrogens is 540 g/mol. The van der Waals surface area contributed by atoms with E-state index in [9.17, 15) is 14.4 Å². The molecule has 208 valence electrons. The van der Waals surface area contributed by atoms with Crippen molar-refractivity contribution >= 4 is 56.5 Å². The Balaban J connectivity index is 1.29. The Hall–Kier alpha value is -4.77. The number of likely N-dealkylation sites (tertiary alicyclic amines) is 1. The second-order valence-corrected chi connectivity index (χ2v) is 11.0. The zero-order valence-electron chi connectivity index (χ0n) is 22.6. The Labute approximate surface area is 240 Å². The van der Waals surface area contributed by atoms with Gasteiger partial charge >= 0.3 is 6.03 Å². The average molecular weight is 569 g/mol. The smallest absolute Gasteiger partial charge is 0.331 e. The number of nitrogens with one attached hydrogen (secondary N) is 2. The van der Waals surface area contributed by atoms with E-state index in [0.717, 1.165) is 24.1 Å². The molecule has 2 aliphatic rings. The molecule has 2 aliphatic heterocycles. The molecule has 2 N–H and O–H groups in total. The topological polar surface area (TPSA) is 117 Å². The molecule has 0 spiro atoms. The highest BCUT2D eigenvalue weighted by Crippen LogP contribution is 2.46. The van der Waals surface area contributed by atoms with Gasteiger partial charge in [0.2, 0.25) is 5.91 Å². The minimum Gasteiger partial charge on any atom is -0.455 e. The SMILES string of the molecule is C=CC(=O)N1CCCC(NC(=O)c2sc3nccc4c3c2NC(=O)N4c2ccc(Oc3cccnc3C)cc2C)C1. The van der Waals surface area contributed by atoms with Gasteiger partial charge in [0.1, 0.15) is 21.2 Å². The van der Waals surface area contributed by atoms with Crippen LogP contribution in [0.5, 0.6) is 11.5 Å².